The zero-order valence-corrected chi connectivity index (χ0v) is 26.2. The summed E-state index contributed by atoms with van der Waals surface area (Å²) in [6.45, 7) is 0.561. The summed E-state index contributed by atoms with van der Waals surface area (Å²) < 4.78 is 10.6. The third-order valence-corrected chi connectivity index (χ3v) is 10.4. The number of aliphatic hydroxyl groups is 1. The highest BCUT2D eigenvalue weighted by atomic mass is 16.6. The second kappa shape index (κ2) is 14.5. The van der Waals surface area contributed by atoms with Crippen molar-refractivity contribution in [1.82, 2.24) is 10.6 Å². The van der Waals surface area contributed by atoms with Gasteiger partial charge in [0, 0.05) is 23.9 Å². The van der Waals surface area contributed by atoms with Crippen LogP contribution in [0.15, 0.2) is 91.0 Å². The summed E-state index contributed by atoms with van der Waals surface area (Å²) in [6.07, 6.45) is 6.37. The van der Waals surface area contributed by atoms with E-state index in [1.807, 2.05) is 91.0 Å². The molecule has 0 aromatic heterocycles. The van der Waals surface area contributed by atoms with Gasteiger partial charge in [-0.1, -0.05) is 91.0 Å². The van der Waals surface area contributed by atoms with Crippen molar-refractivity contribution in [2.24, 2.45) is 23.7 Å². The van der Waals surface area contributed by atoms with Crippen LogP contribution in [0.4, 0.5) is 9.59 Å². The second-order valence-electron chi connectivity index (χ2n) is 13.3. The Morgan fingerprint density at radius 3 is 1.50 bits per heavy atom. The second-order valence-corrected chi connectivity index (χ2v) is 13.3. The monoisotopic (exact) mass is 624 g/mol. The number of hydrogen-bond donors (Lipinski definition) is 3. The van der Waals surface area contributed by atoms with Crippen LogP contribution in [0.2, 0.25) is 0 Å². The van der Waals surface area contributed by atoms with E-state index in [-0.39, 0.29) is 61.2 Å². The number of amides is 2. The number of nitrogens with one attached hydrogen (secondary N) is 2. The minimum Gasteiger partial charge on any atom is -0.445 e. The first kappa shape index (κ1) is 31.8. The van der Waals surface area contributed by atoms with E-state index in [1.165, 1.54) is 0 Å². The van der Waals surface area contributed by atoms with Gasteiger partial charge in [-0.25, -0.2) is 9.59 Å². The molecule has 0 radical (unpaired) electrons. The van der Waals surface area contributed by atoms with Crippen molar-refractivity contribution < 1.29 is 29.0 Å². The molecule has 4 saturated carbocycles. The molecule has 4 aliphatic rings. The van der Waals surface area contributed by atoms with E-state index in [4.69, 9.17) is 9.47 Å². The van der Waals surface area contributed by atoms with Gasteiger partial charge in [0.25, 0.3) is 0 Å². The van der Waals surface area contributed by atoms with Gasteiger partial charge in [-0.15, -0.1) is 0 Å². The molecule has 2 amide bonds. The van der Waals surface area contributed by atoms with Gasteiger partial charge < -0.3 is 25.2 Å². The molecule has 3 aromatic rings. The van der Waals surface area contributed by atoms with Gasteiger partial charge in [-0.3, -0.25) is 4.79 Å². The Kier molecular flexibility index (Phi) is 10.0. The summed E-state index contributed by atoms with van der Waals surface area (Å²) in [5.74, 6) is 1.09. The molecule has 4 bridgehead atoms. The van der Waals surface area contributed by atoms with Crippen molar-refractivity contribution >= 4 is 18.0 Å². The quantitative estimate of drug-likeness (QED) is 0.271. The maximum atomic E-state index is 12.2. The van der Waals surface area contributed by atoms with E-state index in [9.17, 15) is 19.5 Å². The van der Waals surface area contributed by atoms with E-state index in [0.29, 0.717) is 5.78 Å². The lowest BCUT2D eigenvalue weighted by atomic mass is 9.69. The molecule has 0 spiro atoms. The molecule has 0 heterocycles. The number of fused-ring (bicyclic) bond motifs is 4. The van der Waals surface area contributed by atoms with Gasteiger partial charge in [0.2, 0.25) is 0 Å². The maximum Gasteiger partial charge on any atom is 0.407 e. The van der Waals surface area contributed by atoms with Crippen LogP contribution in [0, 0.1) is 23.7 Å². The first-order chi connectivity index (χ1) is 22.4. The third-order valence-electron chi connectivity index (χ3n) is 10.4. The molecule has 3 N–H and O–H groups in total. The molecule has 0 saturated heterocycles. The Bertz CT molecular complexity index is 1440. The van der Waals surface area contributed by atoms with Crippen LogP contribution < -0.4 is 10.6 Å². The van der Waals surface area contributed by atoms with Crippen LogP contribution in [-0.2, 0) is 33.1 Å². The number of benzene rings is 3. The number of carbonyl (C=O) groups excluding carboxylic acids is 3. The summed E-state index contributed by atoms with van der Waals surface area (Å²) in [4.78, 5) is 35.7. The highest BCUT2D eigenvalue weighted by Crippen LogP contribution is 2.55. The van der Waals surface area contributed by atoms with E-state index < -0.39 is 5.60 Å². The van der Waals surface area contributed by atoms with Crippen LogP contribution in [-0.4, -0.2) is 35.2 Å². The Morgan fingerprint density at radius 2 is 1.04 bits per heavy atom. The van der Waals surface area contributed by atoms with Crippen LogP contribution in [0.3, 0.4) is 0 Å². The normalized spacial score (nSPS) is 29.2. The van der Waals surface area contributed by atoms with Crippen LogP contribution in [0.1, 0.15) is 68.1 Å². The first-order valence-electron chi connectivity index (χ1n) is 16.6. The van der Waals surface area contributed by atoms with Crippen molar-refractivity contribution in [3.63, 3.8) is 0 Å². The van der Waals surface area contributed by atoms with E-state index in [2.05, 4.69) is 10.6 Å². The van der Waals surface area contributed by atoms with Gasteiger partial charge in [0.05, 0.1) is 5.60 Å². The molecule has 4 atom stereocenters. The van der Waals surface area contributed by atoms with Crippen molar-refractivity contribution in [2.45, 2.75) is 82.3 Å². The topological polar surface area (TPSA) is 114 Å². The number of ether oxygens (including phenoxy) is 2. The molecular weight excluding hydrogens is 580 g/mol. The molecule has 46 heavy (non-hydrogen) atoms. The van der Waals surface area contributed by atoms with Crippen LogP contribution >= 0.6 is 0 Å². The number of Topliss-reactive ketones (excluding diaryl/α,β-unsaturated/α-hetero) is 1. The molecule has 0 aliphatic heterocycles. The predicted molar refractivity (Wildman–Crippen MR) is 173 cm³/mol. The third kappa shape index (κ3) is 7.44. The molecule has 4 aliphatic carbocycles. The Hall–Kier alpha value is -4.17. The fourth-order valence-electron chi connectivity index (χ4n) is 8.10. The Labute approximate surface area is 270 Å². The van der Waals surface area contributed by atoms with E-state index in [0.717, 1.165) is 68.1 Å². The summed E-state index contributed by atoms with van der Waals surface area (Å²) >= 11 is 0. The average Bonchev–Trinajstić information content (AvgIpc) is 3.37. The maximum absolute atomic E-state index is 12.2. The van der Waals surface area contributed by atoms with Gasteiger partial charge in [-0.05, 0) is 79.9 Å². The SMILES string of the molecule is O=C(NC1CC2CCC(C1)C2(O)c1ccccc1)OCc1ccccc1.O=C(NC1CC2CCC(C1)C2=O)OCc1ccccc1. The number of carbonyl (C=O) groups is 3. The molecule has 3 aromatic carbocycles. The smallest absolute Gasteiger partial charge is 0.407 e. The Balaban J connectivity index is 0.000000167. The minimum atomic E-state index is -0.757. The highest BCUT2D eigenvalue weighted by Gasteiger charge is 2.54. The zero-order valence-electron chi connectivity index (χ0n) is 26.2. The average molecular weight is 625 g/mol. The van der Waals surface area contributed by atoms with Gasteiger partial charge in [0.15, 0.2) is 0 Å². The predicted octanol–water partition coefficient (Wildman–Crippen LogP) is 6.66. The molecule has 242 valence electrons. The van der Waals surface area contributed by atoms with Gasteiger partial charge in [0.1, 0.15) is 19.0 Å². The zero-order chi connectivity index (χ0) is 31.9. The van der Waals surface area contributed by atoms with Crippen LogP contribution in [0.25, 0.3) is 0 Å². The Morgan fingerprint density at radius 1 is 0.630 bits per heavy atom. The number of hydrogen-bond acceptors (Lipinski definition) is 6. The van der Waals surface area contributed by atoms with E-state index >= 15 is 0 Å². The lowest BCUT2D eigenvalue weighted by Gasteiger charge is -2.43. The lowest BCUT2D eigenvalue weighted by molar-refractivity contribution is -0.126. The van der Waals surface area contributed by atoms with E-state index in [1.54, 1.807) is 0 Å². The summed E-state index contributed by atoms with van der Waals surface area (Å²) in [7, 11) is 0. The largest absolute Gasteiger partial charge is 0.445 e. The van der Waals surface area contributed by atoms with Crippen molar-refractivity contribution in [3.8, 4) is 0 Å². The highest BCUT2D eigenvalue weighted by molar-refractivity contribution is 5.86. The number of ketones is 1. The number of rotatable bonds is 7. The molecular formula is C38H44N2O6. The summed E-state index contributed by atoms with van der Waals surface area (Å²) in [6, 6.07) is 29.4. The fourth-order valence-corrected chi connectivity index (χ4v) is 8.10. The van der Waals surface area contributed by atoms with Gasteiger partial charge in [-0.2, -0.15) is 0 Å². The lowest BCUT2D eigenvalue weighted by Crippen LogP contribution is -2.49. The molecule has 8 nitrogen and oxygen atoms in total. The molecule has 8 heteroatoms. The summed E-state index contributed by atoms with van der Waals surface area (Å²) in [5.41, 5.74) is 2.21. The molecule has 7 rings (SSSR count). The van der Waals surface area contributed by atoms with Gasteiger partial charge >= 0.3 is 12.2 Å². The minimum absolute atomic E-state index is 0.0692. The number of alkyl carbamates (subject to hydrolysis) is 2. The fraction of sp³-hybridized carbons (Fsp3) is 0.447. The standard InChI is InChI=1S/C22H25NO3.C16H19NO3/c24-21(26-15-16-7-3-1-4-8-16)23-20-13-18-11-12-19(14-20)22(18,25)17-9-5-2-6-10-17;18-15-12-6-7-13(15)9-14(8-12)17-16(19)20-10-11-4-2-1-3-5-11/h1-10,18-20,25H,11-15H2,(H,23,24);1-5,12-14H,6-10H2,(H,17,19). The molecule has 4 unspecified atom stereocenters. The first-order valence-corrected chi connectivity index (χ1v) is 16.6. The van der Waals surface area contributed by atoms with Crippen molar-refractivity contribution in [3.05, 3.63) is 108 Å². The van der Waals surface area contributed by atoms with Crippen molar-refractivity contribution in [1.29, 1.82) is 0 Å². The summed E-state index contributed by atoms with van der Waals surface area (Å²) in [5, 5.41) is 17.3. The molecule has 4 fully saturated rings. The van der Waals surface area contributed by atoms with Crippen molar-refractivity contribution in [2.75, 3.05) is 0 Å². The van der Waals surface area contributed by atoms with Crippen LogP contribution in [0.5, 0.6) is 0 Å².